The van der Waals surface area contributed by atoms with Crippen molar-refractivity contribution in [1.82, 2.24) is 10.2 Å². The molecule has 1 N–H and O–H groups in total. The van der Waals surface area contributed by atoms with E-state index in [9.17, 15) is 9.59 Å². The normalized spacial score (nSPS) is 29.5. The summed E-state index contributed by atoms with van der Waals surface area (Å²) >= 11 is 0. The lowest BCUT2D eigenvalue weighted by atomic mass is 10.2. The van der Waals surface area contributed by atoms with Gasteiger partial charge >= 0.3 is 6.09 Å². The first kappa shape index (κ1) is 12.9. The van der Waals surface area contributed by atoms with Gasteiger partial charge in [0.15, 0.2) is 0 Å². The Balaban J connectivity index is 1.79. The molecule has 1 saturated carbocycles. The van der Waals surface area contributed by atoms with E-state index < -0.39 is 5.60 Å². The summed E-state index contributed by atoms with van der Waals surface area (Å²) in [7, 11) is 0. The second-order valence-corrected chi connectivity index (χ2v) is 5.95. The van der Waals surface area contributed by atoms with Crippen LogP contribution in [0.4, 0.5) is 4.79 Å². The van der Waals surface area contributed by atoms with Crippen molar-refractivity contribution in [3.8, 4) is 0 Å². The summed E-state index contributed by atoms with van der Waals surface area (Å²) in [6.07, 6.45) is 1.02. The van der Waals surface area contributed by atoms with Crippen LogP contribution in [0.25, 0.3) is 0 Å². The van der Waals surface area contributed by atoms with Crippen LogP contribution in [0.5, 0.6) is 0 Å². The molecule has 0 aromatic heterocycles. The number of likely N-dealkylation sites (tertiary alicyclic amines) is 1. The van der Waals surface area contributed by atoms with E-state index >= 15 is 0 Å². The minimum Gasteiger partial charge on any atom is -0.444 e. The zero-order valence-corrected chi connectivity index (χ0v) is 11.1. The molecule has 5 nitrogen and oxygen atoms in total. The number of amides is 2. The molecule has 5 heteroatoms. The highest BCUT2D eigenvalue weighted by atomic mass is 16.6. The minimum atomic E-state index is -0.458. The summed E-state index contributed by atoms with van der Waals surface area (Å²) in [6, 6.07) is 0.203. The molecule has 0 radical (unpaired) electrons. The highest BCUT2D eigenvalue weighted by molar-refractivity contribution is 5.87. The monoisotopic (exact) mass is 252 g/mol. The third-order valence-corrected chi connectivity index (χ3v) is 3.34. The molecule has 0 aromatic rings. The van der Waals surface area contributed by atoms with E-state index in [1.165, 1.54) is 6.08 Å². The number of piperidine rings is 1. The van der Waals surface area contributed by atoms with Gasteiger partial charge in [-0.15, -0.1) is 0 Å². The molecule has 2 aliphatic rings. The number of nitrogens with zero attached hydrogens (tertiary/aromatic N) is 1. The molecule has 1 unspecified atom stereocenters. The molecule has 0 spiro atoms. The van der Waals surface area contributed by atoms with Crippen molar-refractivity contribution < 1.29 is 14.3 Å². The number of carbonyl (C=O) groups excluding carboxylic acids is 2. The summed E-state index contributed by atoms with van der Waals surface area (Å²) in [6.45, 7) is 10.3. The molecule has 18 heavy (non-hydrogen) atoms. The fraction of sp³-hybridized carbons (Fsp3) is 0.692. The van der Waals surface area contributed by atoms with Crippen molar-refractivity contribution >= 4 is 12.0 Å². The van der Waals surface area contributed by atoms with Gasteiger partial charge in [0.1, 0.15) is 5.60 Å². The average molecular weight is 252 g/mol. The molecule has 1 heterocycles. The topological polar surface area (TPSA) is 58.6 Å². The van der Waals surface area contributed by atoms with Crippen LogP contribution in [0, 0.1) is 11.8 Å². The van der Waals surface area contributed by atoms with E-state index in [0.29, 0.717) is 24.9 Å². The van der Waals surface area contributed by atoms with Gasteiger partial charge in [-0.2, -0.15) is 0 Å². The van der Waals surface area contributed by atoms with Gasteiger partial charge in [-0.1, -0.05) is 6.58 Å². The first-order chi connectivity index (χ1) is 8.31. The lowest BCUT2D eigenvalue weighted by molar-refractivity contribution is -0.116. The number of fused-ring (bicyclic) bond motifs is 1. The SMILES string of the molecule is C=CC(=O)NC1[C@H]2CN(C(=O)OC(C)(C)C)C[C@@H]12. The molecule has 1 saturated heterocycles. The van der Waals surface area contributed by atoms with Gasteiger partial charge in [-0.3, -0.25) is 4.79 Å². The second-order valence-electron chi connectivity index (χ2n) is 5.95. The Bertz CT molecular complexity index is 374. The number of ether oxygens (including phenoxy) is 1. The molecule has 1 aliphatic carbocycles. The predicted molar refractivity (Wildman–Crippen MR) is 66.9 cm³/mol. The van der Waals surface area contributed by atoms with Gasteiger partial charge in [-0.25, -0.2) is 4.79 Å². The second kappa shape index (κ2) is 4.30. The van der Waals surface area contributed by atoms with E-state index in [1.807, 2.05) is 20.8 Å². The smallest absolute Gasteiger partial charge is 0.410 e. The van der Waals surface area contributed by atoms with Crippen LogP contribution >= 0.6 is 0 Å². The van der Waals surface area contributed by atoms with Gasteiger partial charge in [-0.05, 0) is 26.8 Å². The molecular weight excluding hydrogens is 232 g/mol. The zero-order chi connectivity index (χ0) is 13.5. The Kier molecular flexibility index (Phi) is 3.09. The number of nitrogens with one attached hydrogen (secondary N) is 1. The predicted octanol–water partition coefficient (Wildman–Crippen LogP) is 1.15. The maximum atomic E-state index is 11.8. The van der Waals surface area contributed by atoms with Gasteiger partial charge < -0.3 is 15.0 Å². The van der Waals surface area contributed by atoms with Gasteiger partial charge in [0.05, 0.1) is 0 Å². The number of rotatable bonds is 2. The lowest BCUT2D eigenvalue weighted by Crippen LogP contribution is -2.39. The first-order valence-corrected chi connectivity index (χ1v) is 6.22. The maximum Gasteiger partial charge on any atom is 0.410 e. The van der Waals surface area contributed by atoms with Crippen LogP contribution in [0.15, 0.2) is 12.7 Å². The van der Waals surface area contributed by atoms with Gasteiger partial charge in [0.25, 0.3) is 0 Å². The zero-order valence-electron chi connectivity index (χ0n) is 11.1. The molecule has 0 bridgehead atoms. The Morgan fingerprint density at radius 1 is 1.33 bits per heavy atom. The molecule has 100 valence electrons. The van der Waals surface area contributed by atoms with Crippen LogP contribution in [-0.2, 0) is 9.53 Å². The van der Waals surface area contributed by atoms with E-state index in [1.54, 1.807) is 4.90 Å². The summed E-state index contributed by atoms with van der Waals surface area (Å²) < 4.78 is 5.31. The van der Waals surface area contributed by atoms with E-state index in [0.717, 1.165) is 0 Å². The first-order valence-electron chi connectivity index (χ1n) is 6.22. The third kappa shape index (κ3) is 2.66. The van der Waals surface area contributed by atoms with Crippen LogP contribution in [0.1, 0.15) is 20.8 Å². The molecule has 2 amide bonds. The van der Waals surface area contributed by atoms with Crippen LogP contribution in [0.3, 0.4) is 0 Å². The maximum absolute atomic E-state index is 11.8. The Morgan fingerprint density at radius 3 is 2.33 bits per heavy atom. The Morgan fingerprint density at radius 2 is 1.89 bits per heavy atom. The number of hydrogen-bond donors (Lipinski definition) is 1. The van der Waals surface area contributed by atoms with E-state index in [4.69, 9.17) is 4.74 Å². The Labute approximate surface area is 107 Å². The summed E-state index contributed by atoms with van der Waals surface area (Å²) in [5, 5.41) is 2.88. The van der Waals surface area contributed by atoms with Crippen molar-refractivity contribution in [2.75, 3.05) is 13.1 Å². The highest BCUT2D eigenvalue weighted by Gasteiger charge is 2.57. The Hall–Kier alpha value is -1.52. The quantitative estimate of drug-likeness (QED) is 0.750. The molecular formula is C13H20N2O3. The largest absolute Gasteiger partial charge is 0.444 e. The third-order valence-electron chi connectivity index (χ3n) is 3.34. The van der Waals surface area contributed by atoms with E-state index in [-0.39, 0.29) is 18.0 Å². The number of hydrogen-bond acceptors (Lipinski definition) is 3. The molecule has 2 fully saturated rings. The van der Waals surface area contributed by atoms with Crippen molar-refractivity contribution in [3.63, 3.8) is 0 Å². The summed E-state index contributed by atoms with van der Waals surface area (Å²) in [5.41, 5.74) is -0.458. The van der Waals surface area contributed by atoms with Crippen molar-refractivity contribution in [1.29, 1.82) is 0 Å². The molecule has 1 aliphatic heterocycles. The standard InChI is InChI=1S/C13H20N2O3/c1-5-10(16)14-11-8-6-15(7-9(8)11)12(17)18-13(2,3)4/h5,8-9,11H,1,6-7H2,2-4H3,(H,14,16)/t8-,9+,11?. The van der Waals surface area contributed by atoms with Gasteiger partial charge in [0, 0.05) is 31.0 Å². The van der Waals surface area contributed by atoms with Crippen LogP contribution < -0.4 is 5.32 Å². The number of carbonyl (C=O) groups is 2. The average Bonchev–Trinajstić information content (AvgIpc) is 2.73. The van der Waals surface area contributed by atoms with E-state index in [2.05, 4.69) is 11.9 Å². The van der Waals surface area contributed by atoms with Crippen molar-refractivity contribution in [2.24, 2.45) is 11.8 Å². The summed E-state index contributed by atoms with van der Waals surface area (Å²) in [4.78, 5) is 24.7. The van der Waals surface area contributed by atoms with Crippen LogP contribution in [0.2, 0.25) is 0 Å². The van der Waals surface area contributed by atoms with Crippen molar-refractivity contribution in [2.45, 2.75) is 32.4 Å². The highest BCUT2D eigenvalue weighted by Crippen LogP contribution is 2.45. The van der Waals surface area contributed by atoms with Crippen molar-refractivity contribution in [3.05, 3.63) is 12.7 Å². The molecule has 3 atom stereocenters. The molecule has 2 rings (SSSR count). The van der Waals surface area contributed by atoms with Gasteiger partial charge in [0.2, 0.25) is 5.91 Å². The minimum absolute atomic E-state index is 0.141. The fourth-order valence-electron chi connectivity index (χ4n) is 2.44. The lowest BCUT2D eigenvalue weighted by Gasteiger charge is -2.25. The molecule has 0 aromatic carbocycles. The summed E-state index contributed by atoms with van der Waals surface area (Å²) in [5.74, 6) is 0.612. The van der Waals surface area contributed by atoms with Crippen LogP contribution in [-0.4, -0.2) is 41.6 Å². The fourth-order valence-corrected chi connectivity index (χ4v) is 2.44.